The molecule has 13 heteroatoms. The van der Waals surface area contributed by atoms with Crippen LogP contribution in [0.4, 0.5) is 18.9 Å². The first kappa shape index (κ1) is 27.7. The van der Waals surface area contributed by atoms with E-state index in [9.17, 15) is 36.0 Å². The first-order valence-corrected chi connectivity index (χ1v) is 12.8. The number of anilines is 1. The molecule has 0 saturated heterocycles. The zero-order valence-corrected chi connectivity index (χ0v) is 20.6. The average Bonchev–Trinajstić information content (AvgIpc) is 2.82. The lowest BCUT2D eigenvalue weighted by Gasteiger charge is -2.11. The minimum atomic E-state index is -4.90. The topological polar surface area (TPSA) is 116 Å². The van der Waals surface area contributed by atoms with E-state index in [0.717, 1.165) is 36.0 Å². The van der Waals surface area contributed by atoms with E-state index in [4.69, 9.17) is 4.74 Å². The summed E-state index contributed by atoms with van der Waals surface area (Å²) in [6.07, 6.45) is -4.90. The quantitative estimate of drug-likeness (QED) is 0.222. The Hall–Kier alpha value is -3.84. The summed E-state index contributed by atoms with van der Waals surface area (Å²) in [5, 5.41) is -0.471. The van der Waals surface area contributed by atoms with E-state index >= 15 is 0 Å². The lowest BCUT2D eigenvalue weighted by Crippen LogP contribution is -2.17. The Balaban J connectivity index is 1.61. The molecule has 8 nitrogen and oxygen atoms in total. The molecule has 0 amide bonds. The van der Waals surface area contributed by atoms with Crippen LogP contribution in [0.1, 0.15) is 27.6 Å². The van der Waals surface area contributed by atoms with Gasteiger partial charge in [-0.25, -0.2) is 8.42 Å². The van der Waals surface area contributed by atoms with Gasteiger partial charge in [-0.1, -0.05) is 23.9 Å². The maximum absolute atomic E-state index is 12.5. The molecule has 3 aromatic rings. The number of alkyl halides is 3. The molecule has 194 valence electrons. The van der Waals surface area contributed by atoms with E-state index in [1.54, 1.807) is 12.1 Å². The highest BCUT2D eigenvalue weighted by molar-refractivity contribution is 8.14. The molecule has 0 aliphatic heterocycles. The van der Waals surface area contributed by atoms with Crippen LogP contribution in [0.3, 0.4) is 0 Å². The first-order chi connectivity index (χ1) is 17.3. The highest BCUT2D eigenvalue weighted by Crippen LogP contribution is 2.26. The van der Waals surface area contributed by atoms with Gasteiger partial charge in [0.1, 0.15) is 11.5 Å². The third-order valence-corrected chi connectivity index (χ3v) is 6.81. The predicted octanol–water partition coefficient (Wildman–Crippen LogP) is 5.07. The van der Waals surface area contributed by atoms with Crippen LogP contribution in [0.25, 0.3) is 0 Å². The van der Waals surface area contributed by atoms with Gasteiger partial charge in [0, 0.05) is 18.2 Å². The number of carbonyl (C=O) groups excluding carboxylic acids is 3. The lowest BCUT2D eigenvalue weighted by molar-refractivity contribution is -0.274. The molecule has 0 spiro atoms. The summed E-state index contributed by atoms with van der Waals surface area (Å²) >= 11 is 0.718. The van der Waals surface area contributed by atoms with Gasteiger partial charge >= 0.3 is 12.3 Å². The number of sulfonamides is 1. The summed E-state index contributed by atoms with van der Waals surface area (Å²) in [5.74, 6) is -1.70. The Morgan fingerprint density at radius 1 is 0.919 bits per heavy atom. The number of ketones is 1. The second-order valence-electron chi connectivity index (χ2n) is 7.29. The van der Waals surface area contributed by atoms with Crippen LogP contribution < -0.4 is 14.2 Å². The fourth-order valence-corrected chi connectivity index (χ4v) is 4.74. The molecule has 3 aromatic carbocycles. The molecule has 0 radical (unpaired) electrons. The van der Waals surface area contributed by atoms with Gasteiger partial charge in [0.05, 0.1) is 16.2 Å². The molecule has 0 aliphatic carbocycles. The van der Waals surface area contributed by atoms with Gasteiger partial charge in [-0.15, -0.1) is 13.2 Å². The first-order valence-electron chi connectivity index (χ1n) is 10.3. The van der Waals surface area contributed by atoms with Gasteiger partial charge in [0.25, 0.3) is 10.0 Å². The summed E-state index contributed by atoms with van der Waals surface area (Å²) in [6, 6.07) is 15.1. The van der Waals surface area contributed by atoms with Crippen LogP contribution in [0.15, 0.2) is 77.7 Å². The molecule has 0 saturated carbocycles. The molecule has 0 bridgehead atoms. The molecule has 0 unspecified atom stereocenters. The number of benzene rings is 3. The number of ether oxygens (including phenoxy) is 2. The van der Waals surface area contributed by atoms with Gasteiger partial charge in [-0.2, -0.15) is 0 Å². The minimum absolute atomic E-state index is 0.0825. The van der Waals surface area contributed by atoms with Crippen LogP contribution >= 0.6 is 11.8 Å². The van der Waals surface area contributed by atoms with Crippen molar-refractivity contribution < 1.29 is 45.4 Å². The second kappa shape index (κ2) is 11.5. The maximum atomic E-state index is 12.5. The Morgan fingerprint density at radius 3 is 2.14 bits per heavy atom. The van der Waals surface area contributed by atoms with Crippen LogP contribution in [0.2, 0.25) is 0 Å². The van der Waals surface area contributed by atoms with Crippen molar-refractivity contribution >= 4 is 44.3 Å². The van der Waals surface area contributed by atoms with Gasteiger partial charge in [-0.3, -0.25) is 19.1 Å². The van der Waals surface area contributed by atoms with Crippen LogP contribution in [0, 0.1) is 0 Å². The van der Waals surface area contributed by atoms with Gasteiger partial charge in [0.2, 0.25) is 5.12 Å². The van der Waals surface area contributed by atoms with Gasteiger partial charge in [-0.05, 0) is 60.7 Å². The number of Topliss-reactive ketones (excluding diaryl/α,β-unsaturated/α-hetero) is 1. The highest BCUT2D eigenvalue weighted by atomic mass is 32.2. The number of para-hydroxylation sites is 1. The molecule has 3 rings (SSSR count). The van der Waals surface area contributed by atoms with Crippen molar-refractivity contribution in [3.05, 3.63) is 83.9 Å². The monoisotopic (exact) mass is 553 g/mol. The number of carbonyl (C=O) groups is 3. The van der Waals surface area contributed by atoms with Crippen molar-refractivity contribution in [2.45, 2.75) is 18.2 Å². The number of rotatable bonds is 9. The van der Waals surface area contributed by atoms with Crippen LogP contribution in [-0.2, 0) is 14.8 Å². The highest BCUT2D eigenvalue weighted by Gasteiger charge is 2.31. The van der Waals surface area contributed by atoms with Gasteiger partial charge < -0.3 is 9.47 Å². The lowest BCUT2D eigenvalue weighted by atomic mass is 10.1. The van der Waals surface area contributed by atoms with E-state index in [0.29, 0.717) is 0 Å². The molecule has 0 aliphatic rings. The molecular formula is C24H18F3NO7S2. The predicted molar refractivity (Wildman–Crippen MR) is 129 cm³/mol. The number of nitrogens with one attached hydrogen (secondary N) is 1. The smallest absolute Gasteiger partial charge is 0.426 e. The molecule has 37 heavy (non-hydrogen) atoms. The van der Waals surface area contributed by atoms with Crippen molar-refractivity contribution in [2.75, 3.05) is 10.5 Å². The minimum Gasteiger partial charge on any atom is -0.426 e. The van der Waals surface area contributed by atoms with Crippen molar-refractivity contribution in [3.8, 4) is 11.5 Å². The van der Waals surface area contributed by atoms with Gasteiger partial charge in [0.15, 0.2) is 5.78 Å². The van der Waals surface area contributed by atoms with E-state index in [1.165, 1.54) is 43.3 Å². The van der Waals surface area contributed by atoms with E-state index in [-0.39, 0.29) is 33.2 Å². The molecule has 0 aromatic heterocycles. The molecular weight excluding hydrogens is 535 g/mol. The van der Waals surface area contributed by atoms with Crippen molar-refractivity contribution in [3.63, 3.8) is 0 Å². The van der Waals surface area contributed by atoms with Crippen LogP contribution in [-0.4, -0.2) is 37.4 Å². The summed E-state index contributed by atoms with van der Waals surface area (Å²) < 4.78 is 72.8. The zero-order valence-electron chi connectivity index (χ0n) is 18.9. The van der Waals surface area contributed by atoms with E-state index in [1.807, 2.05) is 0 Å². The van der Waals surface area contributed by atoms with E-state index in [2.05, 4.69) is 9.46 Å². The van der Waals surface area contributed by atoms with Crippen molar-refractivity contribution in [1.29, 1.82) is 0 Å². The second-order valence-corrected chi connectivity index (χ2v) is 9.92. The SMILES string of the molecule is CC(=O)Oc1ccccc1C(=O)SCC(=O)c1ccc(NS(=O)(=O)c2ccc(OC(F)(F)F)cc2)cc1. The molecule has 0 heterocycles. The maximum Gasteiger partial charge on any atom is 0.573 e. The van der Waals surface area contributed by atoms with Crippen molar-refractivity contribution in [1.82, 2.24) is 0 Å². The van der Waals surface area contributed by atoms with Crippen molar-refractivity contribution in [2.24, 2.45) is 0 Å². The Bertz CT molecular complexity index is 1410. The molecule has 0 atom stereocenters. The zero-order chi connectivity index (χ0) is 27.2. The van der Waals surface area contributed by atoms with Crippen LogP contribution in [0.5, 0.6) is 11.5 Å². The number of halogens is 3. The Kier molecular flexibility index (Phi) is 8.61. The third-order valence-electron chi connectivity index (χ3n) is 4.52. The third kappa shape index (κ3) is 8.08. The average molecular weight is 554 g/mol. The summed E-state index contributed by atoms with van der Waals surface area (Å²) in [7, 11) is -4.13. The molecule has 1 N–H and O–H groups in total. The number of hydrogen-bond acceptors (Lipinski definition) is 8. The fourth-order valence-electron chi connectivity index (χ4n) is 2.93. The number of thioether (sulfide) groups is 1. The summed E-state index contributed by atoms with van der Waals surface area (Å²) in [6.45, 7) is 1.20. The Morgan fingerprint density at radius 2 is 1.54 bits per heavy atom. The standard InChI is InChI=1S/C24H18F3NO7S2/c1-15(29)34-22-5-3-2-4-20(22)23(31)36-14-21(30)16-6-8-17(9-7-16)28-37(32,33)19-12-10-18(11-13-19)35-24(25,26)27/h2-13,28H,14H2,1H3. The summed E-state index contributed by atoms with van der Waals surface area (Å²) in [4.78, 5) is 35.9. The number of hydrogen-bond donors (Lipinski definition) is 1. The summed E-state index contributed by atoms with van der Waals surface area (Å²) in [5.41, 5.74) is 0.453. The largest absolute Gasteiger partial charge is 0.573 e. The molecule has 0 fully saturated rings. The normalized spacial score (nSPS) is 11.5. The fraction of sp³-hybridized carbons (Fsp3) is 0.125. The van der Waals surface area contributed by atoms with E-state index < -0.39 is 39.0 Å². The Labute approximate surface area is 213 Å². The number of esters is 1.